The van der Waals surface area contributed by atoms with Gasteiger partial charge in [0.1, 0.15) is 0 Å². The van der Waals surface area contributed by atoms with Gasteiger partial charge < -0.3 is 10.2 Å². The van der Waals surface area contributed by atoms with Crippen molar-refractivity contribution in [3.05, 3.63) is 65.7 Å². The summed E-state index contributed by atoms with van der Waals surface area (Å²) in [5.74, 6) is -0.0931. The lowest BCUT2D eigenvalue weighted by molar-refractivity contribution is -0.117. The molecule has 1 fully saturated rings. The molecule has 1 heterocycles. The Bertz CT molecular complexity index is 852. The molecule has 2 amide bonds. The summed E-state index contributed by atoms with van der Waals surface area (Å²) in [5, 5.41) is 2.70. The number of nitrogens with zero attached hydrogens (tertiary/aromatic N) is 1. The fourth-order valence-electron chi connectivity index (χ4n) is 2.88. The van der Waals surface area contributed by atoms with Crippen LogP contribution in [0.2, 0.25) is 0 Å². The Balaban J connectivity index is 1.64. The molecule has 0 radical (unpaired) electrons. The molecule has 0 aliphatic carbocycles. The van der Waals surface area contributed by atoms with Crippen molar-refractivity contribution in [3.8, 4) is 0 Å². The first-order chi connectivity index (χ1) is 12.5. The van der Waals surface area contributed by atoms with E-state index in [1.807, 2.05) is 24.3 Å². The summed E-state index contributed by atoms with van der Waals surface area (Å²) in [6.45, 7) is 2.19. The van der Waals surface area contributed by atoms with Gasteiger partial charge in [0, 0.05) is 36.8 Å². The monoisotopic (exact) mass is 348 g/mol. The van der Waals surface area contributed by atoms with Crippen molar-refractivity contribution in [3.63, 3.8) is 0 Å². The summed E-state index contributed by atoms with van der Waals surface area (Å²) >= 11 is 0. The summed E-state index contributed by atoms with van der Waals surface area (Å²) in [5.41, 5.74) is 2.99. The zero-order valence-electron chi connectivity index (χ0n) is 14.6. The fourth-order valence-corrected chi connectivity index (χ4v) is 2.88. The van der Waals surface area contributed by atoms with Gasteiger partial charge in [-0.3, -0.25) is 14.4 Å². The molecule has 2 aromatic carbocycles. The van der Waals surface area contributed by atoms with Gasteiger partial charge in [-0.25, -0.2) is 0 Å². The van der Waals surface area contributed by atoms with E-state index in [2.05, 4.69) is 5.32 Å². The molecule has 3 rings (SSSR count). The van der Waals surface area contributed by atoms with Crippen LogP contribution in [0.3, 0.4) is 0 Å². The van der Waals surface area contributed by atoms with Crippen LogP contribution in [0.4, 0.5) is 11.4 Å². The van der Waals surface area contributed by atoms with Gasteiger partial charge in [0.15, 0.2) is 5.78 Å². The first kappa shape index (κ1) is 17.6. The van der Waals surface area contributed by atoms with Crippen molar-refractivity contribution in [2.45, 2.75) is 19.8 Å². The number of nitrogens with one attached hydrogen (secondary N) is 1. The lowest BCUT2D eigenvalue weighted by atomic mass is 10.1. The van der Waals surface area contributed by atoms with Crippen molar-refractivity contribution in [1.29, 1.82) is 0 Å². The maximum absolute atomic E-state index is 12.3. The van der Waals surface area contributed by atoms with Crippen LogP contribution in [-0.2, 0) is 9.59 Å². The van der Waals surface area contributed by atoms with Crippen molar-refractivity contribution < 1.29 is 14.4 Å². The molecule has 0 atom stereocenters. The minimum Gasteiger partial charge on any atom is -0.326 e. The first-order valence-electron chi connectivity index (χ1n) is 8.53. The van der Waals surface area contributed by atoms with E-state index >= 15 is 0 Å². The van der Waals surface area contributed by atoms with Crippen LogP contribution in [0.1, 0.15) is 35.7 Å². The maximum atomic E-state index is 12.3. The molecular formula is C21H20N2O3. The Morgan fingerprint density at radius 2 is 1.73 bits per heavy atom. The highest BCUT2D eigenvalue weighted by molar-refractivity contribution is 6.07. The van der Waals surface area contributed by atoms with Crippen LogP contribution in [0.5, 0.6) is 0 Å². The molecule has 2 aromatic rings. The Morgan fingerprint density at radius 3 is 2.31 bits per heavy atom. The van der Waals surface area contributed by atoms with Gasteiger partial charge in [-0.2, -0.15) is 0 Å². The standard InChI is InChI=1S/C21H20N2O3/c1-15(24)22-18-9-4-16(5-10-18)6-13-20(25)17-7-11-19(12-8-17)23-14-2-3-21(23)26/h4-13H,2-3,14H2,1H3,(H,22,24). The number of hydrogen-bond donors (Lipinski definition) is 1. The largest absolute Gasteiger partial charge is 0.326 e. The molecule has 1 N–H and O–H groups in total. The molecule has 0 spiro atoms. The predicted molar refractivity (Wildman–Crippen MR) is 102 cm³/mol. The maximum Gasteiger partial charge on any atom is 0.227 e. The van der Waals surface area contributed by atoms with Crippen LogP contribution in [0.15, 0.2) is 54.6 Å². The number of amides is 2. The molecule has 132 valence electrons. The number of carbonyl (C=O) groups excluding carboxylic acids is 3. The van der Waals surface area contributed by atoms with E-state index in [4.69, 9.17) is 0 Å². The van der Waals surface area contributed by atoms with Crippen LogP contribution in [0, 0.1) is 0 Å². The van der Waals surface area contributed by atoms with E-state index in [9.17, 15) is 14.4 Å². The molecule has 1 aliphatic heterocycles. The SMILES string of the molecule is CC(=O)Nc1ccc(C=CC(=O)c2ccc(N3CCCC3=O)cc2)cc1. The zero-order chi connectivity index (χ0) is 18.5. The van der Waals surface area contributed by atoms with Crippen LogP contribution in [-0.4, -0.2) is 24.1 Å². The van der Waals surface area contributed by atoms with Crippen molar-refractivity contribution in [2.75, 3.05) is 16.8 Å². The molecule has 0 bridgehead atoms. The van der Waals surface area contributed by atoms with Crippen LogP contribution >= 0.6 is 0 Å². The van der Waals surface area contributed by atoms with Gasteiger partial charge in [0.25, 0.3) is 0 Å². The summed E-state index contributed by atoms with van der Waals surface area (Å²) < 4.78 is 0. The summed E-state index contributed by atoms with van der Waals surface area (Å²) in [4.78, 5) is 36.8. The molecule has 26 heavy (non-hydrogen) atoms. The summed E-state index contributed by atoms with van der Waals surface area (Å²) in [6.07, 6.45) is 4.72. The van der Waals surface area contributed by atoms with Crippen molar-refractivity contribution >= 4 is 35.0 Å². The number of benzene rings is 2. The minimum atomic E-state index is -0.123. The highest BCUT2D eigenvalue weighted by Gasteiger charge is 2.21. The molecular weight excluding hydrogens is 328 g/mol. The molecule has 0 aromatic heterocycles. The Kier molecular flexibility index (Phi) is 5.27. The second-order valence-electron chi connectivity index (χ2n) is 6.20. The molecule has 1 saturated heterocycles. The molecule has 5 heteroatoms. The first-order valence-corrected chi connectivity index (χ1v) is 8.53. The van der Waals surface area contributed by atoms with E-state index in [1.54, 1.807) is 35.2 Å². The van der Waals surface area contributed by atoms with Gasteiger partial charge in [0.2, 0.25) is 11.8 Å². The second kappa shape index (κ2) is 7.78. The number of rotatable bonds is 5. The van der Waals surface area contributed by atoms with Gasteiger partial charge in [-0.15, -0.1) is 0 Å². The Morgan fingerprint density at radius 1 is 1.04 bits per heavy atom. The number of hydrogen-bond acceptors (Lipinski definition) is 3. The van der Waals surface area contributed by atoms with Gasteiger partial charge >= 0.3 is 0 Å². The van der Waals surface area contributed by atoms with Gasteiger partial charge in [-0.1, -0.05) is 18.2 Å². The van der Waals surface area contributed by atoms with E-state index in [-0.39, 0.29) is 17.6 Å². The third-order valence-corrected chi connectivity index (χ3v) is 4.20. The Labute approximate surface area is 152 Å². The highest BCUT2D eigenvalue weighted by Crippen LogP contribution is 2.22. The third kappa shape index (κ3) is 4.25. The summed E-state index contributed by atoms with van der Waals surface area (Å²) in [7, 11) is 0. The van der Waals surface area contributed by atoms with E-state index < -0.39 is 0 Å². The van der Waals surface area contributed by atoms with Gasteiger partial charge in [0.05, 0.1) is 0 Å². The number of carbonyl (C=O) groups is 3. The average molecular weight is 348 g/mol. The Hall–Kier alpha value is -3.21. The van der Waals surface area contributed by atoms with Gasteiger partial charge in [-0.05, 0) is 54.5 Å². The molecule has 0 saturated carbocycles. The van der Waals surface area contributed by atoms with Crippen molar-refractivity contribution in [2.24, 2.45) is 0 Å². The van der Waals surface area contributed by atoms with Crippen LogP contribution in [0.25, 0.3) is 6.08 Å². The van der Waals surface area contributed by atoms with E-state index in [0.29, 0.717) is 17.7 Å². The number of allylic oxidation sites excluding steroid dienone is 1. The fraction of sp³-hybridized carbons (Fsp3) is 0.190. The smallest absolute Gasteiger partial charge is 0.227 e. The lowest BCUT2D eigenvalue weighted by Gasteiger charge is -2.15. The quantitative estimate of drug-likeness (QED) is 0.662. The molecule has 5 nitrogen and oxygen atoms in total. The zero-order valence-corrected chi connectivity index (χ0v) is 14.6. The highest BCUT2D eigenvalue weighted by atomic mass is 16.2. The molecule has 0 unspecified atom stereocenters. The van der Waals surface area contributed by atoms with E-state index in [1.165, 1.54) is 13.0 Å². The third-order valence-electron chi connectivity index (χ3n) is 4.20. The average Bonchev–Trinajstić information content (AvgIpc) is 3.06. The second-order valence-corrected chi connectivity index (χ2v) is 6.20. The minimum absolute atomic E-state index is 0.102. The molecule has 1 aliphatic rings. The normalized spacial score (nSPS) is 14.0. The number of ketones is 1. The summed E-state index contributed by atoms with van der Waals surface area (Å²) in [6, 6.07) is 14.3. The lowest BCUT2D eigenvalue weighted by Crippen LogP contribution is -2.23. The van der Waals surface area contributed by atoms with E-state index in [0.717, 1.165) is 24.2 Å². The predicted octanol–water partition coefficient (Wildman–Crippen LogP) is 3.67. The number of anilines is 2. The topological polar surface area (TPSA) is 66.5 Å². The van der Waals surface area contributed by atoms with Crippen LogP contribution < -0.4 is 10.2 Å². The van der Waals surface area contributed by atoms with Crippen molar-refractivity contribution in [1.82, 2.24) is 0 Å².